The molecule has 0 saturated carbocycles. The lowest BCUT2D eigenvalue weighted by Crippen LogP contribution is -2.37. The van der Waals surface area contributed by atoms with E-state index in [1.807, 2.05) is 6.07 Å². The number of nitrogens with one attached hydrogen (secondary N) is 1. The summed E-state index contributed by atoms with van der Waals surface area (Å²) in [6, 6.07) is 6.71. The highest BCUT2D eigenvalue weighted by Gasteiger charge is 2.05. The highest BCUT2D eigenvalue weighted by atomic mass is 16.2. The van der Waals surface area contributed by atoms with Crippen LogP contribution in [0.2, 0.25) is 0 Å². The Kier molecular flexibility index (Phi) is 2.78. The Morgan fingerprint density at radius 1 is 1.18 bits per heavy atom. The summed E-state index contributed by atoms with van der Waals surface area (Å²) in [6.45, 7) is 0. The molecular weight excluding hydrogens is 220 g/mol. The fraction of sp³-hybridized carbons (Fsp3) is 0.182. The van der Waals surface area contributed by atoms with Crippen LogP contribution < -0.4 is 16.6 Å². The summed E-state index contributed by atoms with van der Waals surface area (Å²) in [5.41, 5.74) is -0.734. The molecule has 0 bridgehead atoms. The third-order valence-electron chi connectivity index (χ3n) is 2.45. The number of rotatable bonds is 2. The van der Waals surface area contributed by atoms with Gasteiger partial charge in [0.05, 0.1) is 0 Å². The van der Waals surface area contributed by atoms with Crippen LogP contribution >= 0.6 is 0 Å². The van der Waals surface area contributed by atoms with Gasteiger partial charge in [-0.2, -0.15) is 0 Å². The van der Waals surface area contributed by atoms with Crippen LogP contribution in [-0.4, -0.2) is 14.1 Å². The molecule has 0 radical (unpaired) electrons. The minimum absolute atomic E-state index is 0.355. The summed E-state index contributed by atoms with van der Waals surface area (Å²) in [5, 5.41) is 2.92. The Hall–Kier alpha value is -2.37. The molecule has 6 heteroatoms. The molecule has 0 spiro atoms. The molecule has 1 N–H and O–H groups in total. The maximum Gasteiger partial charge on any atom is 0.332 e. The predicted molar refractivity (Wildman–Crippen MR) is 64.4 cm³/mol. The molecule has 0 amide bonds. The first kappa shape index (κ1) is 11.1. The second-order valence-corrected chi connectivity index (χ2v) is 3.61. The zero-order valence-electron chi connectivity index (χ0n) is 9.54. The summed E-state index contributed by atoms with van der Waals surface area (Å²) >= 11 is 0. The SMILES string of the molecule is Cn1c(Nc2ccccn2)cc(=O)n(C)c1=O. The fourth-order valence-electron chi connectivity index (χ4n) is 1.42. The number of anilines is 2. The van der Waals surface area contributed by atoms with Crippen LogP contribution in [0.4, 0.5) is 11.6 Å². The van der Waals surface area contributed by atoms with Gasteiger partial charge in [0, 0.05) is 26.4 Å². The van der Waals surface area contributed by atoms with Crippen LogP contribution in [-0.2, 0) is 14.1 Å². The first-order chi connectivity index (χ1) is 8.09. The number of hydrogen-bond acceptors (Lipinski definition) is 4. The van der Waals surface area contributed by atoms with Crippen molar-refractivity contribution in [3.8, 4) is 0 Å². The van der Waals surface area contributed by atoms with E-state index < -0.39 is 0 Å². The standard InChI is InChI=1S/C11H12N4O2/c1-14-9(7-10(16)15(2)11(14)17)13-8-5-3-4-6-12-8/h3-7H,1-2H3,(H,12,13). The molecule has 0 aliphatic rings. The lowest BCUT2D eigenvalue weighted by atomic mass is 10.4. The Morgan fingerprint density at radius 3 is 2.59 bits per heavy atom. The Labute approximate surface area is 97.2 Å². The Morgan fingerprint density at radius 2 is 1.94 bits per heavy atom. The van der Waals surface area contributed by atoms with Gasteiger partial charge in [0.1, 0.15) is 11.6 Å². The van der Waals surface area contributed by atoms with E-state index in [1.165, 1.54) is 17.7 Å². The van der Waals surface area contributed by atoms with Gasteiger partial charge in [0.25, 0.3) is 5.56 Å². The quantitative estimate of drug-likeness (QED) is 0.804. The van der Waals surface area contributed by atoms with Gasteiger partial charge in [-0.15, -0.1) is 0 Å². The highest BCUT2D eigenvalue weighted by Crippen LogP contribution is 2.08. The lowest BCUT2D eigenvalue weighted by Gasteiger charge is -2.10. The van der Waals surface area contributed by atoms with Crippen molar-refractivity contribution < 1.29 is 0 Å². The largest absolute Gasteiger partial charge is 0.332 e. The average Bonchev–Trinajstić information content (AvgIpc) is 2.35. The van der Waals surface area contributed by atoms with Crippen molar-refractivity contribution in [2.24, 2.45) is 14.1 Å². The molecular formula is C11H12N4O2. The molecule has 0 saturated heterocycles. The van der Waals surface area contributed by atoms with Crippen LogP contribution in [0.25, 0.3) is 0 Å². The number of pyridine rings is 1. The van der Waals surface area contributed by atoms with E-state index in [0.717, 1.165) is 4.57 Å². The first-order valence-corrected chi connectivity index (χ1v) is 5.04. The molecule has 0 aromatic carbocycles. The highest BCUT2D eigenvalue weighted by molar-refractivity contribution is 5.50. The zero-order chi connectivity index (χ0) is 12.4. The monoisotopic (exact) mass is 232 g/mol. The van der Waals surface area contributed by atoms with Crippen molar-refractivity contribution in [3.63, 3.8) is 0 Å². The molecule has 0 atom stereocenters. The van der Waals surface area contributed by atoms with Gasteiger partial charge in [-0.05, 0) is 12.1 Å². The molecule has 0 fully saturated rings. The molecule has 0 unspecified atom stereocenters. The second kappa shape index (κ2) is 4.25. The minimum Gasteiger partial charge on any atom is -0.326 e. The van der Waals surface area contributed by atoms with E-state index in [-0.39, 0.29) is 11.2 Å². The van der Waals surface area contributed by atoms with Crippen LogP contribution in [0, 0.1) is 0 Å². The molecule has 2 rings (SSSR count). The third kappa shape index (κ3) is 2.10. The average molecular weight is 232 g/mol. The third-order valence-corrected chi connectivity index (χ3v) is 2.45. The van der Waals surface area contributed by atoms with E-state index in [1.54, 1.807) is 25.4 Å². The van der Waals surface area contributed by atoms with Crippen molar-refractivity contribution in [3.05, 3.63) is 51.3 Å². The second-order valence-electron chi connectivity index (χ2n) is 3.61. The Bertz CT molecular complexity index is 643. The van der Waals surface area contributed by atoms with Crippen LogP contribution in [0.1, 0.15) is 0 Å². The molecule has 2 heterocycles. The minimum atomic E-state index is -0.379. The van der Waals surface area contributed by atoms with Crippen molar-refractivity contribution in [2.45, 2.75) is 0 Å². The summed E-state index contributed by atoms with van der Waals surface area (Å²) in [7, 11) is 3.03. The van der Waals surface area contributed by atoms with Gasteiger partial charge in [-0.1, -0.05) is 6.07 Å². The van der Waals surface area contributed by atoms with E-state index in [4.69, 9.17) is 0 Å². The summed E-state index contributed by atoms with van der Waals surface area (Å²) < 4.78 is 2.40. The lowest BCUT2D eigenvalue weighted by molar-refractivity contribution is 0.692. The van der Waals surface area contributed by atoms with Crippen molar-refractivity contribution in [2.75, 3.05) is 5.32 Å². The molecule has 0 aliphatic heterocycles. The summed E-state index contributed by atoms with van der Waals surface area (Å²) in [4.78, 5) is 27.2. The number of nitrogens with zero attached hydrogens (tertiary/aromatic N) is 3. The fourth-order valence-corrected chi connectivity index (χ4v) is 1.42. The van der Waals surface area contributed by atoms with Gasteiger partial charge in [0.2, 0.25) is 0 Å². The first-order valence-electron chi connectivity index (χ1n) is 5.04. The van der Waals surface area contributed by atoms with E-state index in [0.29, 0.717) is 11.6 Å². The van der Waals surface area contributed by atoms with Gasteiger partial charge >= 0.3 is 5.69 Å². The molecule has 6 nitrogen and oxygen atoms in total. The molecule has 0 aliphatic carbocycles. The molecule has 88 valence electrons. The smallest absolute Gasteiger partial charge is 0.326 e. The van der Waals surface area contributed by atoms with E-state index in [9.17, 15) is 9.59 Å². The van der Waals surface area contributed by atoms with Gasteiger partial charge in [0.15, 0.2) is 0 Å². The van der Waals surface area contributed by atoms with Crippen LogP contribution in [0.5, 0.6) is 0 Å². The number of aromatic nitrogens is 3. The summed E-state index contributed by atoms with van der Waals surface area (Å²) in [5.74, 6) is 0.993. The van der Waals surface area contributed by atoms with Gasteiger partial charge in [-0.3, -0.25) is 13.9 Å². The maximum absolute atomic E-state index is 11.7. The van der Waals surface area contributed by atoms with E-state index in [2.05, 4.69) is 10.3 Å². The predicted octanol–water partition coefficient (Wildman–Crippen LogP) is 0.223. The van der Waals surface area contributed by atoms with Crippen molar-refractivity contribution in [1.29, 1.82) is 0 Å². The van der Waals surface area contributed by atoms with Crippen LogP contribution in [0.15, 0.2) is 40.1 Å². The normalized spacial score (nSPS) is 10.2. The molecule has 2 aromatic rings. The zero-order valence-corrected chi connectivity index (χ0v) is 9.54. The van der Waals surface area contributed by atoms with Crippen LogP contribution in [0.3, 0.4) is 0 Å². The topological polar surface area (TPSA) is 68.9 Å². The van der Waals surface area contributed by atoms with E-state index >= 15 is 0 Å². The molecule has 2 aromatic heterocycles. The summed E-state index contributed by atoms with van der Waals surface area (Å²) in [6.07, 6.45) is 1.63. The van der Waals surface area contributed by atoms with Gasteiger partial charge < -0.3 is 5.32 Å². The van der Waals surface area contributed by atoms with Gasteiger partial charge in [-0.25, -0.2) is 9.78 Å². The maximum atomic E-state index is 11.7. The van der Waals surface area contributed by atoms with Crippen molar-refractivity contribution in [1.82, 2.24) is 14.1 Å². The van der Waals surface area contributed by atoms with Crippen molar-refractivity contribution >= 4 is 11.6 Å². The Balaban J connectivity index is 2.48. The molecule has 17 heavy (non-hydrogen) atoms. The number of hydrogen-bond donors (Lipinski definition) is 1.